The van der Waals surface area contributed by atoms with Crippen LogP contribution < -0.4 is 9.47 Å². The number of ether oxygens (including phenoxy) is 2. The van der Waals surface area contributed by atoms with Gasteiger partial charge < -0.3 is 9.47 Å². The second-order valence-corrected chi connectivity index (χ2v) is 8.91. The Hall–Kier alpha value is -3.25. The number of amides is 2. The van der Waals surface area contributed by atoms with Crippen molar-refractivity contribution >= 4 is 39.8 Å². The van der Waals surface area contributed by atoms with Crippen molar-refractivity contribution in [1.29, 1.82) is 0 Å². The molecule has 2 amide bonds. The predicted octanol–water partition coefficient (Wildman–Crippen LogP) is 6.65. The van der Waals surface area contributed by atoms with E-state index in [4.69, 9.17) is 9.47 Å². The summed E-state index contributed by atoms with van der Waals surface area (Å²) in [5.74, 6) is 0.997. The fraction of sp³-hybridized carbons (Fsp3) is 0.259. The monoisotopic (exact) mass is 461 g/mol. The maximum absolute atomic E-state index is 12.7. The first-order chi connectivity index (χ1) is 16.0. The highest BCUT2D eigenvalue weighted by Gasteiger charge is 2.37. The van der Waals surface area contributed by atoms with Crippen molar-refractivity contribution in [3.8, 4) is 11.5 Å². The van der Waals surface area contributed by atoms with Gasteiger partial charge in [-0.25, -0.2) is 0 Å². The molecule has 33 heavy (non-hydrogen) atoms. The maximum atomic E-state index is 12.7. The number of carbonyl (C=O) groups excluding carboxylic acids is 2. The molecule has 6 heteroatoms. The first-order valence-electron chi connectivity index (χ1n) is 11.1. The number of benzene rings is 3. The second kappa shape index (κ2) is 10.1. The Kier molecular flexibility index (Phi) is 7.04. The Bertz CT molecular complexity index is 1220. The smallest absolute Gasteiger partial charge is 0.293 e. The first-order valence-corrected chi connectivity index (χ1v) is 12.0. The molecule has 3 aromatic rings. The van der Waals surface area contributed by atoms with Crippen LogP contribution in [0.15, 0.2) is 65.6 Å². The summed E-state index contributed by atoms with van der Waals surface area (Å²) in [6.07, 6.45) is 2.46. The Labute approximate surface area is 198 Å². The highest BCUT2D eigenvalue weighted by atomic mass is 32.2. The number of fused-ring (bicyclic) bond motifs is 1. The molecule has 3 aromatic carbocycles. The third kappa shape index (κ3) is 5.06. The molecule has 0 N–H and O–H groups in total. The fourth-order valence-electron chi connectivity index (χ4n) is 3.69. The van der Waals surface area contributed by atoms with Crippen LogP contribution in [0.2, 0.25) is 0 Å². The minimum absolute atomic E-state index is 0.117. The van der Waals surface area contributed by atoms with Gasteiger partial charge in [0.1, 0.15) is 6.61 Å². The van der Waals surface area contributed by atoms with Gasteiger partial charge in [-0.3, -0.25) is 14.5 Å². The minimum Gasteiger partial charge on any atom is -0.490 e. The van der Waals surface area contributed by atoms with Crippen molar-refractivity contribution in [2.45, 2.75) is 39.8 Å². The van der Waals surface area contributed by atoms with Gasteiger partial charge in [0.2, 0.25) is 0 Å². The van der Waals surface area contributed by atoms with E-state index in [0.29, 0.717) is 29.6 Å². The number of thioether (sulfide) groups is 1. The molecule has 170 valence electrons. The van der Waals surface area contributed by atoms with E-state index in [0.717, 1.165) is 29.3 Å². The van der Waals surface area contributed by atoms with Crippen molar-refractivity contribution < 1.29 is 19.1 Å². The Morgan fingerprint density at radius 1 is 0.939 bits per heavy atom. The standard InChI is InChI=1S/C27H27NO4S/c1-4-18(3)28-26(29)25(33-27(28)30)16-19-11-13-23(24(15-19)31-5-2)32-17-20-10-12-21-8-6-7-9-22(21)14-20/h6-16,18H,4-5,17H2,1-3H3/b25-16+/t18-/m1/s1. The predicted molar refractivity (Wildman–Crippen MR) is 133 cm³/mol. The lowest BCUT2D eigenvalue weighted by Crippen LogP contribution is -2.36. The van der Waals surface area contributed by atoms with E-state index in [1.165, 1.54) is 15.7 Å². The van der Waals surface area contributed by atoms with E-state index in [-0.39, 0.29) is 17.2 Å². The van der Waals surface area contributed by atoms with Gasteiger partial charge in [0.05, 0.1) is 11.5 Å². The molecule has 4 rings (SSSR count). The lowest BCUT2D eigenvalue weighted by atomic mass is 10.1. The van der Waals surface area contributed by atoms with Gasteiger partial charge in [0, 0.05) is 6.04 Å². The molecule has 1 atom stereocenters. The Morgan fingerprint density at radius 3 is 2.48 bits per heavy atom. The molecule has 1 aliphatic heterocycles. The SMILES string of the molecule is CCOc1cc(/C=C2/SC(=O)N([C@H](C)CC)C2=O)ccc1OCc1ccc2ccccc2c1. The topological polar surface area (TPSA) is 55.8 Å². The summed E-state index contributed by atoms with van der Waals surface area (Å²) >= 11 is 0.979. The van der Waals surface area contributed by atoms with Crippen LogP contribution in [0.1, 0.15) is 38.3 Å². The molecule has 1 fully saturated rings. The van der Waals surface area contributed by atoms with Crippen LogP contribution in [0.3, 0.4) is 0 Å². The van der Waals surface area contributed by atoms with Gasteiger partial charge >= 0.3 is 0 Å². The van der Waals surface area contributed by atoms with Gasteiger partial charge in [-0.05, 0) is 78.2 Å². The molecule has 0 aromatic heterocycles. The molecule has 0 spiro atoms. The van der Waals surface area contributed by atoms with E-state index in [1.807, 2.05) is 51.1 Å². The number of rotatable bonds is 8. The molecular weight excluding hydrogens is 434 g/mol. The van der Waals surface area contributed by atoms with Gasteiger partial charge in [-0.1, -0.05) is 49.4 Å². The van der Waals surface area contributed by atoms with Gasteiger partial charge in [-0.15, -0.1) is 0 Å². The minimum atomic E-state index is -0.242. The van der Waals surface area contributed by atoms with Crippen molar-refractivity contribution in [3.63, 3.8) is 0 Å². The van der Waals surface area contributed by atoms with Crippen LogP contribution in [0.25, 0.3) is 16.8 Å². The molecular formula is C27H27NO4S. The average Bonchev–Trinajstić information content (AvgIpc) is 3.10. The number of imide groups is 1. The van der Waals surface area contributed by atoms with Crippen LogP contribution in [-0.2, 0) is 11.4 Å². The maximum Gasteiger partial charge on any atom is 0.293 e. The Morgan fingerprint density at radius 2 is 1.73 bits per heavy atom. The summed E-state index contributed by atoms with van der Waals surface area (Å²) in [6.45, 7) is 6.66. The quantitative estimate of drug-likeness (QED) is 0.351. The number of hydrogen-bond acceptors (Lipinski definition) is 5. The zero-order chi connectivity index (χ0) is 23.4. The third-order valence-electron chi connectivity index (χ3n) is 5.63. The molecule has 1 saturated heterocycles. The molecule has 5 nitrogen and oxygen atoms in total. The summed E-state index contributed by atoms with van der Waals surface area (Å²) in [4.78, 5) is 26.8. The van der Waals surface area contributed by atoms with Crippen molar-refractivity contribution in [3.05, 3.63) is 76.7 Å². The molecule has 0 saturated carbocycles. The van der Waals surface area contributed by atoms with E-state index in [1.54, 1.807) is 6.08 Å². The van der Waals surface area contributed by atoms with E-state index >= 15 is 0 Å². The van der Waals surface area contributed by atoms with Crippen molar-refractivity contribution in [1.82, 2.24) is 4.90 Å². The zero-order valence-electron chi connectivity index (χ0n) is 19.0. The van der Waals surface area contributed by atoms with E-state index in [9.17, 15) is 9.59 Å². The molecule has 0 radical (unpaired) electrons. The van der Waals surface area contributed by atoms with Crippen LogP contribution >= 0.6 is 11.8 Å². The lowest BCUT2D eigenvalue weighted by molar-refractivity contribution is -0.124. The van der Waals surface area contributed by atoms with E-state index in [2.05, 4.69) is 30.3 Å². The molecule has 0 unspecified atom stereocenters. The van der Waals surface area contributed by atoms with Crippen molar-refractivity contribution in [2.75, 3.05) is 6.61 Å². The van der Waals surface area contributed by atoms with Crippen molar-refractivity contribution in [2.24, 2.45) is 0 Å². The number of hydrogen-bond donors (Lipinski definition) is 0. The number of nitrogens with zero attached hydrogens (tertiary/aromatic N) is 1. The highest BCUT2D eigenvalue weighted by molar-refractivity contribution is 8.18. The molecule has 1 heterocycles. The highest BCUT2D eigenvalue weighted by Crippen LogP contribution is 2.36. The van der Waals surface area contributed by atoms with Crippen LogP contribution in [-0.4, -0.2) is 28.7 Å². The normalized spacial score (nSPS) is 16.0. The fourth-order valence-corrected chi connectivity index (χ4v) is 4.62. The first kappa shape index (κ1) is 22.9. The largest absolute Gasteiger partial charge is 0.490 e. The summed E-state index contributed by atoms with van der Waals surface area (Å²) < 4.78 is 11.9. The molecule has 0 bridgehead atoms. The summed E-state index contributed by atoms with van der Waals surface area (Å²) in [6, 6.07) is 19.9. The lowest BCUT2D eigenvalue weighted by Gasteiger charge is -2.19. The van der Waals surface area contributed by atoms with Gasteiger partial charge in [0.25, 0.3) is 11.1 Å². The van der Waals surface area contributed by atoms with E-state index < -0.39 is 0 Å². The van der Waals surface area contributed by atoms with Gasteiger partial charge in [-0.2, -0.15) is 0 Å². The summed E-state index contributed by atoms with van der Waals surface area (Å²) in [5, 5.41) is 2.14. The second-order valence-electron chi connectivity index (χ2n) is 7.92. The van der Waals surface area contributed by atoms with Crippen LogP contribution in [0.4, 0.5) is 4.79 Å². The molecule has 1 aliphatic rings. The molecule has 0 aliphatic carbocycles. The third-order valence-corrected chi connectivity index (χ3v) is 6.51. The summed E-state index contributed by atoms with van der Waals surface area (Å²) in [5.41, 5.74) is 1.85. The van der Waals surface area contributed by atoms with Crippen LogP contribution in [0, 0.1) is 0 Å². The Balaban J connectivity index is 1.53. The van der Waals surface area contributed by atoms with Gasteiger partial charge in [0.15, 0.2) is 11.5 Å². The average molecular weight is 462 g/mol. The van der Waals surface area contributed by atoms with Crippen LogP contribution in [0.5, 0.6) is 11.5 Å². The zero-order valence-corrected chi connectivity index (χ0v) is 19.9. The summed E-state index contributed by atoms with van der Waals surface area (Å²) in [7, 11) is 0. The number of carbonyl (C=O) groups is 2.